The summed E-state index contributed by atoms with van der Waals surface area (Å²) in [6.45, 7) is 4.53. The SMILES string of the molecule is Cc1ncn(-c2ccccc2OCCCC(C)N)n1. The van der Waals surface area contributed by atoms with Gasteiger partial charge in [-0.1, -0.05) is 12.1 Å². The van der Waals surface area contributed by atoms with Crippen LogP contribution >= 0.6 is 0 Å². The van der Waals surface area contributed by atoms with Crippen molar-refractivity contribution in [2.75, 3.05) is 6.61 Å². The molecule has 5 nitrogen and oxygen atoms in total. The van der Waals surface area contributed by atoms with Crippen molar-refractivity contribution < 1.29 is 4.74 Å². The molecule has 0 aliphatic carbocycles. The molecule has 0 bridgehead atoms. The first-order valence-corrected chi connectivity index (χ1v) is 6.53. The molecule has 0 saturated heterocycles. The van der Waals surface area contributed by atoms with Crippen LogP contribution in [0.5, 0.6) is 5.75 Å². The molecular formula is C14H20N4O. The number of aromatic nitrogens is 3. The van der Waals surface area contributed by atoms with Gasteiger partial charge in [-0.2, -0.15) is 5.10 Å². The van der Waals surface area contributed by atoms with Gasteiger partial charge in [0.2, 0.25) is 0 Å². The molecule has 2 aromatic rings. The average Bonchev–Trinajstić information content (AvgIpc) is 2.81. The van der Waals surface area contributed by atoms with Gasteiger partial charge in [-0.15, -0.1) is 0 Å². The maximum absolute atomic E-state index is 5.81. The summed E-state index contributed by atoms with van der Waals surface area (Å²) in [6.07, 6.45) is 3.60. The van der Waals surface area contributed by atoms with Crippen LogP contribution in [0.4, 0.5) is 0 Å². The number of hydrogen-bond acceptors (Lipinski definition) is 4. The Kier molecular flexibility index (Phi) is 4.52. The summed E-state index contributed by atoms with van der Waals surface area (Å²) in [5, 5.41) is 4.30. The third kappa shape index (κ3) is 3.79. The van der Waals surface area contributed by atoms with E-state index < -0.39 is 0 Å². The molecule has 1 atom stereocenters. The topological polar surface area (TPSA) is 66.0 Å². The molecule has 0 aliphatic heterocycles. The summed E-state index contributed by atoms with van der Waals surface area (Å²) < 4.78 is 7.54. The molecule has 0 spiro atoms. The van der Waals surface area contributed by atoms with Gasteiger partial charge in [0.15, 0.2) is 0 Å². The summed E-state index contributed by atoms with van der Waals surface area (Å²) in [6, 6.07) is 8.04. The lowest BCUT2D eigenvalue weighted by molar-refractivity contribution is 0.301. The van der Waals surface area contributed by atoms with E-state index >= 15 is 0 Å². The van der Waals surface area contributed by atoms with E-state index in [-0.39, 0.29) is 6.04 Å². The smallest absolute Gasteiger partial charge is 0.147 e. The van der Waals surface area contributed by atoms with Crippen molar-refractivity contribution in [2.24, 2.45) is 5.73 Å². The van der Waals surface area contributed by atoms with Crippen LogP contribution in [0.25, 0.3) is 5.69 Å². The van der Waals surface area contributed by atoms with Gasteiger partial charge in [-0.3, -0.25) is 0 Å². The highest BCUT2D eigenvalue weighted by atomic mass is 16.5. The molecule has 5 heteroatoms. The second-order valence-corrected chi connectivity index (χ2v) is 4.67. The number of nitrogens with zero attached hydrogens (tertiary/aromatic N) is 3. The molecule has 0 radical (unpaired) electrons. The van der Waals surface area contributed by atoms with E-state index in [1.807, 2.05) is 38.1 Å². The Labute approximate surface area is 113 Å². The van der Waals surface area contributed by atoms with Crippen LogP contribution < -0.4 is 10.5 Å². The van der Waals surface area contributed by atoms with E-state index in [0.29, 0.717) is 6.61 Å². The van der Waals surface area contributed by atoms with E-state index in [0.717, 1.165) is 30.1 Å². The van der Waals surface area contributed by atoms with Crippen LogP contribution in [0.3, 0.4) is 0 Å². The Hall–Kier alpha value is -1.88. The minimum absolute atomic E-state index is 0.219. The maximum Gasteiger partial charge on any atom is 0.147 e. The molecular weight excluding hydrogens is 240 g/mol. The Balaban J connectivity index is 2.04. The monoisotopic (exact) mass is 260 g/mol. The molecule has 1 heterocycles. The van der Waals surface area contributed by atoms with Gasteiger partial charge in [0, 0.05) is 6.04 Å². The summed E-state index contributed by atoms with van der Waals surface area (Å²) >= 11 is 0. The molecule has 1 aromatic heterocycles. The lowest BCUT2D eigenvalue weighted by Crippen LogP contribution is -2.15. The number of para-hydroxylation sites is 2. The third-order valence-electron chi connectivity index (χ3n) is 2.78. The first-order valence-electron chi connectivity index (χ1n) is 6.53. The van der Waals surface area contributed by atoms with Gasteiger partial charge in [0.05, 0.1) is 6.61 Å². The molecule has 1 aromatic carbocycles. The lowest BCUT2D eigenvalue weighted by atomic mass is 10.2. The van der Waals surface area contributed by atoms with E-state index in [1.54, 1.807) is 11.0 Å². The number of rotatable bonds is 6. The van der Waals surface area contributed by atoms with Crippen LogP contribution in [0.1, 0.15) is 25.6 Å². The number of benzene rings is 1. The van der Waals surface area contributed by atoms with Crippen molar-refractivity contribution in [1.82, 2.24) is 14.8 Å². The van der Waals surface area contributed by atoms with E-state index in [9.17, 15) is 0 Å². The second kappa shape index (κ2) is 6.33. The van der Waals surface area contributed by atoms with Crippen molar-refractivity contribution in [3.63, 3.8) is 0 Å². The van der Waals surface area contributed by atoms with Gasteiger partial charge in [0.25, 0.3) is 0 Å². The zero-order chi connectivity index (χ0) is 13.7. The quantitative estimate of drug-likeness (QED) is 0.808. The minimum atomic E-state index is 0.219. The van der Waals surface area contributed by atoms with Crippen LogP contribution in [0, 0.1) is 6.92 Å². The Bertz CT molecular complexity index is 522. The molecule has 0 aliphatic rings. The van der Waals surface area contributed by atoms with Crippen molar-refractivity contribution in [1.29, 1.82) is 0 Å². The van der Waals surface area contributed by atoms with Gasteiger partial charge in [0.1, 0.15) is 23.6 Å². The Morgan fingerprint density at radius 3 is 2.84 bits per heavy atom. The first-order chi connectivity index (χ1) is 9.16. The van der Waals surface area contributed by atoms with Crippen molar-refractivity contribution in [3.8, 4) is 11.4 Å². The summed E-state index contributed by atoms with van der Waals surface area (Å²) in [5.74, 6) is 1.56. The largest absolute Gasteiger partial charge is 0.491 e. The molecule has 0 amide bonds. The summed E-state index contributed by atoms with van der Waals surface area (Å²) in [5.41, 5.74) is 6.62. The predicted molar refractivity (Wildman–Crippen MR) is 74.5 cm³/mol. The zero-order valence-electron chi connectivity index (χ0n) is 11.4. The maximum atomic E-state index is 5.81. The van der Waals surface area contributed by atoms with Gasteiger partial charge in [-0.05, 0) is 38.8 Å². The van der Waals surface area contributed by atoms with Crippen LogP contribution in [0.2, 0.25) is 0 Å². The fourth-order valence-electron chi connectivity index (χ4n) is 1.82. The van der Waals surface area contributed by atoms with Gasteiger partial charge < -0.3 is 10.5 Å². The number of nitrogens with two attached hydrogens (primary N) is 1. The second-order valence-electron chi connectivity index (χ2n) is 4.67. The van der Waals surface area contributed by atoms with Crippen molar-refractivity contribution in [2.45, 2.75) is 32.7 Å². The molecule has 1 unspecified atom stereocenters. The van der Waals surface area contributed by atoms with E-state index in [1.165, 1.54) is 0 Å². The van der Waals surface area contributed by atoms with Gasteiger partial charge >= 0.3 is 0 Å². The molecule has 0 saturated carbocycles. The lowest BCUT2D eigenvalue weighted by Gasteiger charge is -2.11. The molecule has 102 valence electrons. The molecule has 2 rings (SSSR count). The summed E-state index contributed by atoms with van der Waals surface area (Å²) in [4.78, 5) is 4.13. The zero-order valence-corrected chi connectivity index (χ0v) is 11.4. The average molecular weight is 260 g/mol. The third-order valence-corrected chi connectivity index (χ3v) is 2.78. The predicted octanol–water partition coefficient (Wildman–Crippen LogP) is 2.08. The standard InChI is InChI=1S/C14H20N4O/c1-11(15)6-5-9-19-14-8-4-3-7-13(14)18-10-16-12(2)17-18/h3-4,7-8,10-11H,5-6,9,15H2,1-2H3. The highest BCUT2D eigenvalue weighted by Gasteiger charge is 2.06. The highest BCUT2D eigenvalue weighted by Crippen LogP contribution is 2.21. The van der Waals surface area contributed by atoms with Crippen LogP contribution in [-0.2, 0) is 0 Å². The number of hydrogen-bond donors (Lipinski definition) is 1. The fourth-order valence-corrected chi connectivity index (χ4v) is 1.82. The van der Waals surface area contributed by atoms with E-state index in [4.69, 9.17) is 10.5 Å². The van der Waals surface area contributed by atoms with E-state index in [2.05, 4.69) is 10.1 Å². The number of aryl methyl sites for hydroxylation is 1. The normalized spacial score (nSPS) is 12.4. The Morgan fingerprint density at radius 1 is 1.37 bits per heavy atom. The first kappa shape index (κ1) is 13.5. The molecule has 0 fully saturated rings. The van der Waals surface area contributed by atoms with Crippen molar-refractivity contribution in [3.05, 3.63) is 36.4 Å². The van der Waals surface area contributed by atoms with Gasteiger partial charge in [-0.25, -0.2) is 9.67 Å². The molecule has 19 heavy (non-hydrogen) atoms. The van der Waals surface area contributed by atoms with Crippen LogP contribution in [-0.4, -0.2) is 27.4 Å². The van der Waals surface area contributed by atoms with Crippen LogP contribution in [0.15, 0.2) is 30.6 Å². The molecule has 2 N–H and O–H groups in total. The number of ether oxygens (including phenoxy) is 1. The highest BCUT2D eigenvalue weighted by molar-refractivity contribution is 5.45. The minimum Gasteiger partial charge on any atom is -0.491 e. The fraction of sp³-hybridized carbons (Fsp3) is 0.429. The summed E-state index contributed by atoms with van der Waals surface area (Å²) in [7, 11) is 0. The Morgan fingerprint density at radius 2 is 2.16 bits per heavy atom. The van der Waals surface area contributed by atoms with Crippen molar-refractivity contribution >= 4 is 0 Å².